The summed E-state index contributed by atoms with van der Waals surface area (Å²) in [5.41, 5.74) is 0.660. The van der Waals surface area contributed by atoms with E-state index in [1.807, 2.05) is 22.9 Å². The van der Waals surface area contributed by atoms with Crippen LogP contribution in [0.1, 0.15) is 30.3 Å². The number of hydrogen-bond donors (Lipinski definition) is 2. The zero-order valence-electron chi connectivity index (χ0n) is 16.2. The largest absolute Gasteiger partial charge is 0.376 e. The predicted molar refractivity (Wildman–Crippen MR) is 101 cm³/mol. The predicted octanol–water partition coefficient (Wildman–Crippen LogP) is -0.950. The van der Waals surface area contributed by atoms with Gasteiger partial charge in [-0.3, -0.25) is 0 Å². The van der Waals surface area contributed by atoms with Crippen LogP contribution in [0.5, 0.6) is 0 Å². The van der Waals surface area contributed by atoms with Crippen LogP contribution < -0.4 is 9.80 Å². The SMILES string of the molecule is C=CC[NH+]1CC[NH+]([C@H](c2ccccc2F)c2nnnn2C[C@H]2CCCO2)CC1. The smallest absolute Gasteiger partial charge is 0.214 e. The number of aromatic nitrogens is 4. The van der Waals surface area contributed by atoms with Crippen molar-refractivity contribution in [3.63, 3.8) is 0 Å². The monoisotopic (exact) mass is 388 g/mol. The van der Waals surface area contributed by atoms with E-state index < -0.39 is 0 Å². The molecule has 1 aromatic heterocycles. The summed E-state index contributed by atoms with van der Waals surface area (Å²) in [7, 11) is 0. The van der Waals surface area contributed by atoms with Gasteiger partial charge in [-0.15, -0.1) is 5.10 Å². The number of ether oxygens (including phenoxy) is 1. The van der Waals surface area contributed by atoms with Crippen LogP contribution in [0.25, 0.3) is 0 Å². The van der Waals surface area contributed by atoms with Crippen molar-refractivity contribution in [2.75, 3.05) is 39.3 Å². The molecule has 3 heterocycles. The third-order valence-corrected chi connectivity index (χ3v) is 5.88. The van der Waals surface area contributed by atoms with Crippen molar-refractivity contribution in [3.8, 4) is 0 Å². The number of halogens is 1. The van der Waals surface area contributed by atoms with Crippen LogP contribution in [-0.4, -0.2) is 65.6 Å². The van der Waals surface area contributed by atoms with Gasteiger partial charge in [0.2, 0.25) is 5.82 Å². The van der Waals surface area contributed by atoms with E-state index in [9.17, 15) is 4.39 Å². The lowest BCUT2D eigenvalue weighted by molar-refractivity contribution is -1.02. The lowest BCUT2D eigenvalue weighted by Gasteiger charge is -2.34. The van der Waals surface area contributed by atoms with Crippen molar-refractivity contribution >= 4 is 0 Å². The van der Waals surface area contributed by atoms with Gasteiger partial charge in [-0.2, -0.15) is 0 Å². The molecule has 4 rings (SSSR count). The van der Waals surface area contributed by atoms with E-state index in [-0.39, 0.29) is 18.0 Å². The van der Waals surface area contributed by atoms with Gasteiger partial charge in [0.15, 0.2) is 6.04 Å². The molecule has 0 radical (unpaired) electrons. The highest BCUT2D eigenvalue weighted by molar-refractivity contribution is 5.24. The number of tetrazole rings is 1. The second kappa shape index (κ2) is 8.89. The molecule has 2 aliphatic heterocycles. The minimum atomic E-state index is -0.220. The summed E-state index contributed by atoms with van der Waals surface area (Å²) in [5.74, 6) is 0.523. The quantitative estimate of drug-likeness (QED) is 0.601. The van der Waals surface area contributed by atoms with Crippen LogP contribution in [0.15, 0.2) is 36.9 Å². The molecule has 0 amide bonds. The molecule has 28 heavy (non-hydrogen) atoms. The number of piperazine rings is 1. The molecule has 7 nitrogen and oxygen atoms in total. The Morgan fingerprint density at radius 1 is 1.29 bits per heavy atom. The fraction of sp³-hybridized carbons (Fsp3) is 0.550. The zero-order valence-corrected chi connectivity index (χ0v) is 16.2. The number of nitrogens with one attached hydrogen (secondary N) is 2. The summed E-state index contributed by atoms with van der Waals surface area (Å²) < 4.78 is 22.4. The van der Waals surface area contributed by atoms with Gasteiger partial charge < -0.3 is 14.5 Å². The summed E-state index contributed by atoms with van der Waals surface area (Å²) in [5, 5.41) is 12.5. The Hall–Kier alpha value is -2.16. The number of rotatable bonds is 7. The van der Waals surface area contributed by atoms with Crippen molar-refractivity contribution in [3.05, 3.63) is 54.1 Å². The highest BCUT2D eigenvalue weighted by Gasteiger charge is 2.37. The van der Waals surface area contributed by atoms with Crippen LogP contribution in [0.3, 0.4) is 0 Å². The van der Waals surface area contributed by atoms with Crippen molar-refractivity contribution in [1.82, 2.24) is 20.2 Å². The van der Waals surface area contributed by atoms with E-state index >= 15 is 0 Å². The van der Waals surface area contributed by atoms with Crippen LogP contribution >= 0.6 is 0 Å². The van der Waals surface area contributed by atoms with Crippen molar-refractivity contribution in [2.24, 2.45) is 0 Å². The third kappa shape index (κ3) is 4.14. The highest BCUT2D eigenvalue weighted by atomic mass is 19.1. The van der Waals surface area contributed by atoms with Crippen LogP contribution in [0.4, 0.5) is 4.39 Å². The third-order valence-electron chi connectivity index (χ3n) is 5.88. The molecule has 2 saturated heterocycles. The first kappa shape index (κ1) is 19.2. The van der Waals surface area contributed by atoms with E-state index in [0.717, 1.165) is 58.0 Å². The number of hydrogen-bond acceptors (Lipinski definition) is 4. The normalized spacial score (nSPS) is 26.2. The Morgan fingerprint density at radius 2 is 2.11 bits per heavy atom. The van der Waals surface area contributed by atoms with E-state index in [0.29, 0.717) is 12.1 Å². The molecule has 2 atom stereocenters. The van der Waals surface area contributed by atoms with Gasteiger partial charge in [0.25, 0.3) is 0 Å². The molecule has 2 aliphatic rings. The molecule has 2 N–H and O–H groups in total. The Balaban J connectivity index is 1.62. The van der Waals surface area contributed by atoms with Crippen molar-refractivity contribution < 1.29 is 18.9 Å². The summed E-state index contributed by atoms with van der Waals surface area (Å²) in [6, 6.07) is 6.78. The molecule has 0 unspecified atom stereocenters. The fourth-order valence-electron chi connectivity index (χ4n) is 4.40. The average molecular weight is 388 g/mol. The Morgan fingerprint density at radius 3 is 2.82 bits per heavy atom. The summed E-state index contributed by atoms with van der Waals surface area (Å²) in [6.07, 6.45) is 4.18. The lowest BCUT2D eigenvalue weighted by Crippen LogP contribution is -3.28. The fourth-order valence-corrected chi connectivity index (χ4v) is 4.40. The van der Waals surface area contributed by atoms with Crippen LogP contribution in [-0.2, 0) is 11.3 Å². The average Bonchev–Trinajstić information content (AvgIpc) is 3.38. The second-order valence-corrected chi connectivity index (χ2v) is 7.71. The first-order valence-corrected chi connectivity index (χ1v) is 10.2. The minimum absolute atomic E-state index is 0.132. The Kier molecular flexibility index (Phi) is 6.09. The Labute approximate surface area is 164 Å². The summed E-state index contributed by atoms with van der Waals surface area (Å²) >= 11 is 0. The first-order valence-electron chi connectivity index (χ1n) is 10.2. The topological polar surface area (TPSA) is 61.7 Å². The molecule has 0 saturated carbocycles. The van der Waals surface area contributed by atoms with Gasteiger partial charge >= 0.3 is 0 Å². The van der Waals surface area contributed by atoms with Gasteiger partial charge in [0, 0.05) is 6.61 Å². The van der Waals surface area contributed by atoms with Gasteiger partial charge in [-0.05, 0) is 41.5 Å². The maximum atomic E-state index is 14.8. The molecule has 2 fully saturated rings. The minimum Gasteiger partial charge on any atom is -0.376 e. The maximum Gasteiger partial charge on any atom is 0.214 e. The number of nitrogens with zero attached hydrogens (tertiary/aromatic N) is 4. The van der Waals surface area contributed by atoms with Crippen LogP contribution in [0, 0.1) is 5.82 Å². The van der Waals surface area contributed by atoms with Gasteiger partial charge in [0.1, 0.15) is 32.0 Å². The molecule has 0 bridgehead atoms. The van der Waals surface area contributed by atoms with E-state index in [4.69, 9.17) is 4.74 Å². The maximum absolute atomic E-state index is 14.8. The molecule has 0 aliphatic carbocycles. The molecular formula is C20H29FN6O+2. The van der Waals surface area contributed by atoms with Gasteiger partial charge in [-0.25, -0.2) is 9.07 Å². The lowest BCUT2D eigenvalue weighted by atomic mass is 10.0. The van der Waals surface area contributed by atoms with E-state index in [1.54, 1.807) is 6.07 Å². The zero-order chi connectivity index (χ0) is 19.3. The molecule has 2 aromatic rings. The molecule has 8 heteroatoms. The molecular weight excluding hydrogens is 359 g/mol. The first-order chi connectivity index (χ1) is 13.8. The van der Waals surface area contributed by atoms with Crippen molar-refractivity contribution in [1.29, 1.82) is 0 Å². The van der Waals surface area contributed by atoms with Gasteiger partial charge in [0.05, 0.1) is 24.8 Å². The Bertz CT molecular complexity index is 783. The van der Waals surface area contributed by atoms with Gasteiger partial charge in [-0.1, -0.05) is 18.7 Å². The molecule has 1 aromatic carbocycles. The molecule has 0 spiro atoms. The summed E-state index contributed by atoms with van der Waals surface area (Å²) in [6.45, 7) is 10.2. The number of benzene rings is 1. The van der Waals surface area contributed by atoms with Crippen LogP contribution in [0.2, 0.25) is 0 Å². The molecule has 150 valence electrons. The summed E-state index contributed by atoms with van der Waals surface area (Å²) in [4.78, 5) is 2.83. The van der Waals surface area contributed by atoms with E-state index in [1.165, 1.54) is 15.9 Å². The number of quaternary nitrogens is 2. The van der Waals surface area contributed by atoms with E-state index in [2.05, 4.69) is 22.1 Å². The van der Waals surface area contributed by atoms with Crippen molar-refractivity contribution in [2.45, 2.75) is 31.5 Å². The second-order valence-electron chi connectivity index (χ2n) is 7.71. The standard InChI is InChI=1S/C20H27FN6O/c1-2-9-25-10-12-26(13-11-25)19(17-7-3-4-8-18(17)21)20-22-23-24-27(20)15-16-6-5-14-28-16/h2-4,7-8,16,19H,1,5-6,9-15H2/p+2/t16-,19-/m1/s1. The highest BCUT2D eigenvalue weighted by Crippen LogP contribution is 2.21.